The van der Waals surface area contributed by atoms with Crippen molar-refractivity contribution in [2.75, 3.05) is 12.4 Å². The molecule has 6 nitrogen and oxygen atoms in total. The molecule has 0 radical (unpaired) electrons. The quantitative estimate of drug-likeness (QED) is 0.710. The van der Waals surface area contributed by atoms with E-state index in [-0.39, 0.29) is 25.3 Å². The van der Waals surface area contributed by atoms with Gasteiger partial charge in [-0.15, -0.1) is 0 Å². The Bertz CT molecular complexity index is 413. The van der Waals surface area contributed by atoms with E-state index >= 15 is 0 Å². The van der Waals surface area contributed by atoms with Crippen LogP contribution in [0.1, 0.15) is 25.0 Å². The lowest BCUT2D eigenvalue weighted by molar-refractivity contribution is 0.295. The number of hydrogen-bond acceptors (Lipinski definition) is 5. The van der Waals surface area contributed by atoms with Crippen molar-refractivity contribution in [2.24, 2.45) is 0 Å². The molecule has 0 unspecified atom stereocenters. The first-order valence-electron chi connectivity index (χ1n) is 5.09. The zero-order valence-corrected chi connectivity index (χ0v) is 9.96. The van der Waals surface area contributed by atoms with Gasteiger partial charge in [0.05, 0.1) is 18.5 Å². The van der Waals surface area contributed by atoms with Crippen LogP contribution < -0.4 is 4.72 Å². The largest absolute Gasteiger partial charge is 0.444 e. The standard InChI is InChI=1S/C9H16N2O4S/c1-2-8-6-10-9(15-8)7-11-16(13,14)5-3-4-12/h6,11-12H,2-5,7H2,1H3. The molecule has 0 aromatic carbocycles. The molecule has 1 heterocycles. The molecule has 0 aliphatic rings. The zero-order chi connectivity index (χ0) is 12.0. The first kappa shape index (κ1) is 13.1. The predicted octanol–water partition coefficient (Wildman–Crippen LogP) is 0.0388. The van der Waals surface area contributed by atoms with Crippen LogP contribution in [-0.4, -0.2) is 30.9 Å². The van der Waals surface area contributed by atoms with Gasteiger partial charge >= 0.3 is 0 Å². The van der Waals surface area contributed by atoms with Gasteiger partial charge in [0.2, 0.25) is 15.9 Å². The van der Waals surface area contributed by atoms with E-state index in [1.807, 2.05) is 6.92 Å². The highest BCUT2D eigenvalue weighted by molar-refractivity contribution is 7.89. The van der Waals surface area contributed by atoms with Crippen molar-refractivity contribution in [1.29, 1.82) is 0 Å². The van der Waals surface area contributed by atoms with Crippen molar-refractivity contribution in [2.45, 2.75) is 26.3 Å². The maximum atomic E-state index is 11.3. The summed E-state index contributed by atoms with van der Waals surface area (Å²) in [6, 6.07) is 0. The Morgan fingerprint density at radius 2 is 2.31 bits per heavy atom. The average Bonchev–Trinajstić information content (AvgIpc) is 2.72. The van der Waals surface area contributed by atoms with E-state index in [9.17, 15) is 8.42 Å². The van der Waals surface area contributed by atoms with Crippen LogP contribution in [0.3, 0.4) is 0 Å². The van der Waals surface area contributed by atoms with Crippen molar-refractivity contribution in [3.63, 3.8) is 0 Å². The fraction of sp³-hybridized carbons (Fsp3) is 0.667. The second-order valence-electron chi connectivity index (χ2n) is 3.29. The van der Waals surface area contributed by atoms with Crippen LogP contribution in [0.4, 0.5) is 0 Å². The van der Waals surface area contributed by atoms with Gasteiger partial charge in [0, 0.05) is 13.0 Å². The summed E-state index contributed by atoms with van der Waals surface area (Å²) >= 11 is 0. The fourth-order valence-electron chi connectivity index (χ4n) is 1.09. The molecule has 7 heteroatoms. The molecule has 0 saturated heterocycles. The number of sulfonamides is 1. The van der Waals surface area contributed by atoms with E-state index in [0.717, 1.165) is 12.2 Å². The van der Waals surface area contributed by atoms with Gasteiger partial charge in [-0.3, -0.25) is 0 Å². The Hall–Kier alpha value is -0.920. The summed E-state index contributed by atoms with van der Waals surface area (Å²) in [7, 11) is -3.35. The van der Waals surface area contributed by atoms with E-state index < -0.39 is 10.0 Å². The Morgan fingerprint density at radius 1 is 1.56 bits per heavy atom. The van der Waals surface area contributed by atoms with Gasteiger partial charge < -0.3 is 9.52 Å². The van der Waals surface area contributed by atoms with Crippen LogP contribution >= 0.6 is 0 Å². The third kappa shape index (κ3) is 4.30. The number of nitrogens with one attached hydrogen (secondary N) is 1. The number of rotatable bonds is 7. The maximum Gasteiger partial charge on any atom is 0.212 e. The van der Waals surface area contributed by atoms with Crippen LogP contribution in [0.25, 0.3) is 0 Å². The molecule has 92 valence electrons. The highest BCUT2D eigenvalue weighted by atomic mass is 32.2. The van der Waals surface area contributed by atoms with Crippen LogP contribution in [-0.2, 0) is 23.0 Å². The number of aryl methyl sites for hydroxylation is 1. The summed E-state index contributed by atoms with van der Waals surface area (Å²) < 4.78 is 30.3. The van der Waals surface area contributed by atoms with Crippen molar-refractivity contribution in [3.05, 3.63) is 17.8 Å². The summed E-state index contributed by atoms with van der Waals surface area (Å²) in [5, 5.41) is 8.53. The summed E-state index contributed by atoms with van der Waals surface area (Å²) in [6.45, 7) is 1.84. The minimum Gasteiger partial charge on any atom is -0.444 e. The highest BCUT2D eigenvalue weighted by Crippen LogP contribution is 2.04. The number of aromatic nitrogens is 1. The lowest BCUT2D eigenvalue weighted by Gasteiger charge is -2.02. The first-order valence-corrected chi connectivity index (χ1v) is 6.74. The Labute approximate surface area is 94.7 Å². The molecule has 1 aromatic heterocycles. The van der Waals surface area contributed by atoms with Crippen LogP contribution in [0.5, 0.6) is 0 Å². The average molecular weight is 248 g/mol. The molecule has 0 atom stereocenters. The number of aliphatic hydroxyl groups excluding tert-OH is 1. The topological polar surface area (TPSA) is 92.4 Å². The molecule has 1 aromatic rings. The second kappa shape index (κ2) is 5.97. The van der Waals surface area contributed by atoms with Gasteiger partial charge in [0.15, 0.2) is 0 Å². The Balaban J connectivity index is 2.44. The molecular formula is C9H16N2O4S. The summed E-state index contributed by atoms with van der Waals surface area (Å²) in [5.74, 6) is 0.985. The molecule has 0 aliphatic heterocycles. The molecule has 0 saturated carbocycles. The first-order chi connectivity index (χ1) is 7.57. The summed E-state index contributed by atoms with van der Waals surface area (Å²) in [4.78, 5) is 3.93. The maximum absolute atomic E-state index is 11.3. The van der Waals surface area contributed by atoms with E-state index in [0.29, 0.717) is 5.89 Å². The van der Waals surface area contributed by atoms with E-state index in [2.05, 4.69) is 9.71 Å². The second-order valence-corrected chi connectivity index (χ2v) is 5.22. The van der Waals surface area contributed by atoms with Gasteiger partial charge in [-0.2, -0.15) is 0 Å². The van der Waals surface area contributed by atoms with Crippen molar-refractivity contribution >= 4 is 10.0 Å². The predicted molar refractivity (Wildman–Crippen MR) is 58.2 cm³/mol. The molecule has 0 amide bonds. The lowest BCUT2D eigenvalue weighted by Crippen LogP contribution is -2.26. The van der Waals surface area contributed by atoms with Gasteiger partial charge in [0.25, 0.3) is 0 Å². The molecular weight excluding hydrogens is 232 g/mol. The van der Waals surface area contributed by atoms with E-state index in [1.165, 1.54) is 0 Å². The molecule has 16 heavy (non-hydrogen) atoms. The summed E-state index contributed by atoms with van der Waals surface area (Å²) in [5.41, 5.74) is 0. The third-order valence-electron chi connectivity index (χ3n) is 1.96. The SMILES string of the molecule is CCc1cnc(CNS(=O)(=O)CCCO)o1. The van der Waals surface area contributed by atoms with Crippen LogP contribution in [0.15, 0.2) is 10.6 Å². The zero-order valence-electron chi connectivity index (χ0n) is 9.14. The van der Waals surface area contributed by atoms with Gasteiger partial charge in [-0.25, -0.2) is 18.1 Å². The molecule has 0 fully saturated rings. The number of aliphatic hydroxyl groups is 1. The van der Waals surface area contributed by atoms with Crippen LogP contribution in [0, 0.1) is 0 Å². The Kier molecular flexibility index (Phi) is 4.91. The fourth-order valence-corrected chi connectivity index (χ4v) is 2.09. The molecule has 2 N–H and O–H groups in total. The summed E-state index contributed by atoms with van der Waals surface area (Å²) in [6.07, 6.45) is 2.53. The smallest absolute Gasteiger partial charge is 0.212 e. The van der Waals surface area contributed by atoms with Gasteiger partial charge in [-0.05, 0) is 6.42 Å². The minimum atomic E-state index is -3.35. The lowest BCUT2D eigenvalue weighted by atomic mass is 10.4. The molecule has 1 rings (SSSR count). The number of hydrogen-bond donors (Lipinski definition) is 2. The normalized spacial score (nSPS) is 11.9. The minimum absolute atomic E-state index is 0.0494. The number of nitrogens with zero attached hydrogens (tertiary/aromatic N) is 1. The van der Waals surface area contributed by atoms with Crippen molar-refractivity contribution in [3.8, 4) is 0 Å². The highest BCUT2D eigenvalue weighted by Gasteiger charge is 2.11. The molecule has 0 aliphatic carbocycles. The van der Waals surface area contributed by atoms with Crippen LogP contribution in [0.2, 0.25) is 0 Å². The van der Waals surface area contributed by atoms with Crippen molar-refractivity contribution < 1.29 is 17.9 Å². The number of oxazole rings is 1. The van der Waals surface area contributed by atoms with E-state index in [4.69, 9.17) is 9.52 Å². The molecule has 0 bridgehead atoms. The Morgan fingerprint density at radius 3 is 2.88 bits per heavy atom. The molecule has 0 spiro atoms. The van der Waals surface area contributed by atoms with Gasteiger partial charge in [-0.1, -0.05) is 6.92 Å². The van der Waals surface area contributed by atoms with Crippen molar-refractivity contribution in [1.82, 2.24) is 9.71 Å². The van der Waals surface area contributed by atoms with E-state index in [1.54, 1.807) is 6.20 Å². The van der Waals surface area contributed by atoms with Gasteiger partial charge in [0.1, 0.15) is 5.76 Å². The third-order valence-corrected chi connectivity index (χ3v) is 3.37. The monoisotopic (exact) mass is 248 g/mol.